The molecule has 0 saturated heterocycles. The van der Waals surface area contributed by atoms with E-state index in [-0.39, 0.29) is 0 Å². The molecule has 0 aliphatic carbocycles. The second kappa shape index (κ2) is 4.80. The second-order valence-corrected chi connectivity index (χ2v) is 3.44. The van der Waals surface area contributed by atoms with Crippen molar-refractivity contribution in [2.75, 3.05) is 5.32 Å². The largest absolute Gasteiger partial charge is 0.368 e. The van der Waals surface area contributed by atoms with Crippen molar-refractivity contribution in [1.82, 2.24) is 9.97 Å². The number of rotatable bonds is 4. The van der Waals surface area contributed by atoms with E-state index in [0.717, 1.165) is 24.4 Å². The van der Waals surface area contributed by atoms with Gasteiger partial charge in [-0.25, -0.2) is 9.97 Å². The van der Waals surface area contributed by atoms with Crippen LogP contribution in [0.5, 0.6) is 0 Å². The summed E-state index contributed by atoms with van der Waals surface area (Å²) in [6.07, 6.45) is 3.77. The van der Waals surface area contributed by atoms with Crippen molar-refractivity contribution in [3.05, 3.63) is 18.1 Å². The van der Waals surface area contributed by atoms with Crippen LogP contribution in [-0.4, -0.2) is 16.0 Å². The number of nitrogens with one attached hydrogen (secondary N) is 1. The topological polar surface area (TPSA) is 37.8 Å². The van der Waals surface area contributed by atoms with Crippen LogP contribution in [0.15, 0.2) is 12.4 Å². The minimum Gasteiger partial charge on any atom is -0.368 e. The monoisotopic (exact) mass is 179 g/mol. The third-order valence-corrected chi connectivity index (χ3v) is 1.67. The van der Waals surface area contributed by atoms with E-state index in [0.29, 0.717) is 6.04 Å². The predicted molar refractivity (Wildman–Crippen MR) is 54.8 cm³/mol. The molecule has 72 valence electrons. The van der Waals surface area contributed by atoms with E-state index in [4.69, 9.17) is 0 Å². The van der Waals surface area contributed by atoms with Gasteiger partial charge in [0.25, 0.3) is 0 Å². The lowest BCUT2D eigenvalue weighted by atomic mass is 10.2. The van der Waals surface area contributed by atoms with Crippen molar-refractivity contribution >= 4 is 5.82 Å². The van der Waals surface area contributed by atoms with Crippen LogP contribution in [0.25, 0.3) is 0 Å². The molecule has 0 saturated carbocycles. The zero-order valence-corrected chi connectivity index (χ0v) is 8.54. The Kier molecular flexibility index (Phi) is 3.68. The number of nitrogens with zero attached hydrogens (tertiary/aromatic N) is 2. The number of aryl methyl sites for hydroxylation is 1. The lowest BCUT2D eigenvalue weighted by Crippen LogP contribution is -2.11. The molecule has 0 bridgehead atoms. The van der Waals surface area contributed by atoms with Gasteiger partial charge in [-0.05, 0) is 20.3 Å². The Morgan fingerprint density at radius 1 is 1.38 bits per heavy atom. The van der Waals surface area contributed by atoms with Gasteiger partial charge < -0.3 is 5.32 Å². The maximum atomic E-state index is 4.19. The van der Waals surface area contributed by atoms with Gasteiger partial charge in [0.15, 0.2) is 0 Å². The quantitative estimate of drug-likeness (QED) is 0.770. The van der Waals surface area contributed by atoms with Crippen molar-refractivity contribution in [1.29, 1.82) is 0 Å². The zero-order valence-electron chi connectivity index (χ0n) is 8.54. The van der Waals surface area contributed by atoms with E-state index in [2.05, 4.69) is 36.1 Å². The molecule has 1 aromatic rings. The van der Waals surface area contributed by atoms with Gasteiger partial charge >= 0.3 is 0 Å². The molecule has 3 nitrogen and oxygen atoms in total. The van der Waals surface area contributed by atoms with Gasteiger partial charge in [0.1, 0.15) is 12.1 Å². The Morgan fingerprint density at radius 3 is 2.77 bits per heavy atom. The summed E-state index contributed by atoms with van der Waals surface area (Å²) in [6, 6.07) is 2.44. The summed E-state index contributed by atoms with van der Waals surface area (Å²) in [5.41, 5.74) is 1.11. The van der Waals surface area contributed by atoms with Crippen LogP contribution in [0.2, 0.25) is 0 Å². The van der Waals surface area contributed by atoms with Gasteiger partial charge in [-0.3, -0.25) is 0 Å². The summed E-state index contributed by atoms with van der Waals surface area (Å²) in [7, 11) is 0. The van der Waals surface area contributed by atoms with Crippen LogP contribution in [0, 0.1) is 0 Å². The van der Waals surface area contributed by atoms with Gasteiger partial charge in [-0.15, -0.1) is 0 Å². The van der Waals surface area contributed by atoms with Crippen molar-refractivity contribution in [2.24, 2.45) is 0 Å². The molecule has 0 fully saturated rings. The molecular formula is C10H17N3. The Balaban J connectivity index is 2.67. The second-order valence-electron chi connectivity index (χ2n) is 3.44. The molecule has 0 aliphatic rings. The summed E-state index contributed by atoms with van der Waals surface area (Å²) in [6.45, 7) is 6.35. The molecule has 0 atom stereocenters. The molecular weight excluding hydrogens is 162 g/mol. The molecule has 0 amide bonds. The molecule has 3 heteroatoms. The maximum Gasteiger partial charge on any atom is 0.129 e. The summed E-state index contributed by atoms with van der Waals surface area (Å²) >= 11 is 0. The summed E-state index contributed by atoms with van der Waals surface area (Å²) in [5.74, 6) is 0.924. The first-order chi connectivity index (χ1) is 6.22. The minimum absolute atomic E-state index is 0.421. The Morgan fingerprint density at radius 2 is 2.15 bits per heavy atom. The number of hydrogen-bond acceptors (Lipinski definition) is 3. The average Bonchev–Trinajstić information content (AvgIpc) is 2.04. The van der Waals surface area contributed by atoms with E-state index in [1.807, 2.05) is 6.07 Å². The molecule has 1 rings (SSSR count). The van der Waals surface area contributed by atoms with Gasteiger partial charge in [0.05, 0.1) is 0 Å². The van der Waals surface area contributed by atoms with E-state index in [1.54, 1.807) is 6.33 Å². The van der Waals surface area contributed by atoms with Gasteiger partial charge in [0, 0.05) is 17.8 Å². The molecule has 0 radical (unpaired) electrons. The average molecular weight is 179 g/mol. The molecule has 1 N–H and O–H groups in total. The van der Waals surface area contributed by atoms with Crippen LogP contribution < -0.4 is 5.32 Å². The Labute approximate surface area is 79.6 Å². The fourth-order valence-corrected chi connectivity index (χ4v) is 1.17. The third-order valence-electron chi connectivity index (χ3n) is 1.67. The minimum atomic E-state index is 0.421. The van der Waals surface area contributed by atoms with Crippen LogP contribution in [-0.2, 0) is 6.42 Å². The Bertz CT molecular complexity index is 258. The number of hydrogen-bond donors (Lipinski definition) is 1. The van der Waals surface area contributed by atoms with E-state index >= 15 is 0 Å². The fraction of sp³-hybridized carbons (Fsp3) is 0.600. The molecule has 13 heavy (non-hydrogen) atoms. The predicted octanol–water partition coefficient (Wildman–Crippen LogP) is 2.25. The first kappa shape index (κ1) is 9.96. The van der Waals surface area contributed by atoms with E-state index in [1.165, 1.54) is 0 Å². The summed E-state index contributed by atoms with van der Waals surface area (Å²) in [5, 5.41) is 3.25. The summed E-state index contributed by atoms with van der Waals surface area (Å²) < 4.78 is 0. The maximum absolute atomic E-state index is 4.19. The van der Waals surface area contributed by atoms with Gasteiger partial charge in [0.2, 0.25) is 0 Å². The highest BCUT2D eigenvalue weighted by Crippen LogP contribution is 2.06. The standard InChI is InChI=1S/C10H17N3/c1-4-5-9-6-10(12-7-11-9)13-8(2)3/h6-8H,4-5H2,1-3H3,(H,11,12,13). The number of aromatic nitrogens is 2. The fourth-order valence-electron chi connectivity index (χ4n) is 1.17. The SMILES string of the molecule is CCCc1cc(NC(C)C)ncn1. The van der Waals surface area contributed by atoms with Crippen LogP contribution in [0.4, 0.5) is 5.82 Å². The van der Waals surface area contributed by atoms with Crippen molar-refractivity contribution in [3.8, 4) is 0 Å². The first-order valence-corrected chi connectivity index (χ1v) is 4.79. The molecule has 0 aliphatic heterocycles. The summed E-state index contributed by atoms with van der Waals surface area (Å²) in [4.78, 5) is 8.32. The van der Waals surface area contributed by atoms with Crippen LogP contribution >= 0.6 is 0 Å². The molecule has 0 spiro atoms. The highest BCUT2D eigenvalue weighted by Gasteiger charge is 1.98. The first-order valence-electron chi connectivity index (χ1n) is 4.79. The van der Waals surface area contributed by atoms with Crippen LogP contribution in [0.1, 0.15) is 32.9 Å². The zero-order chi connectivity index (χ0) is 9.68. The third kappa shape index (κ3) is 3.40. The number of anilines is 1. The normalized spacial score (nSPS) is 10.5. The van der Waals surface area contributed by atoms with E-state index in [9.17, 15) is 0 Å². The highest BCUT2D eigenvalue weighted by molar-refractivity contribution is 5.35. The lowest BCUT2D eigenvalue weighted by Gasteiger charge is -2.08. The molecule has 0 unspecified atom stereocenters. The molecule has 1 aromatic heterocycles. The van der Waals surface area contributed by atoms with Crippen molar-refractivity contribution in [3.63, 3.8) is 0 Å². The van der Waals surface area contributed by atoms with Gasteiger partial charge in [-0.2, -0.15) is 0 Å². The van der Waals surface area contributed by atoms with Crippen LogP contribution in [0.3, 0.4) is 0 Å². The van der Waals surface area contributed by atoms with E-state index < -0.39 is 0 Å². The van der Waals surface area contributed by atoms with Crippen molar-refractivity contribution in [2.45, 2.75) is 39.7 Å². The van der Waals surface area contributed by atoms with Crippen molar-refractivity contribution < 1.29 is 0 Å². The highest BCUT2D eigenvalue weighted by atomic mass is 15.0. The Hall–Kier alpha value is -1.12. The smallest absolute Gasteiger partial charge is 0.129 e. The van der Waals surface area contributed by atoms with Gasteiger partial charge in [-0.1, -0.05) is 13.3 Å². The molecule has 1 heterocycles. The molecule has 0 aromatic carbocycles. The lowest BCUT2D eigenvalue weighted by molar-refractivity contribution is 0.855.